The largest absolute Gasteiger partial charge is 0.354 e. The molecular weight excluding hydrogens is 241 g/mol. The number of ether oxygens (including phenoxy) is 1. The van der Waals surface area contributed by atoms with Crippen LogP contribution in [0.4, 0.5) is 0 Å². The molecule has 4 atom stereocenters. The molecule has 0 aromatic carbocycles. The van der Waals surface area contributed by atoms with Crippen molar-refractivity contribution in [3.8, 4) is 0 Å². The van der Waals surface area contributed by atoms with Crippen molar-refractivity contribution in [1.29, 1.82) is 0 Å². The van der Waals surface area contributed by atoms with Crippen LogP contribution in [-0.4, -0.2) is 16.9 Å². The Morgan fingerprint density at radius 1 is 1.60 bits per heavy atom. The number of halogens is 1. The molecule has 0 spiro atoms. The fraction of sp³-hybridized carbons (Fsp3) is 1.00. The van der Waals surface area contributed by atoms with Crippen LogP contribution in [-0.2, 0) is 4.74 Å². The molecule has 3 unspecified atom stereocenters. The van der Waals surface area contributed by atoms with Crippen molar-refractivity contribution in [3.05, 3.63) is 0 Å². The number of rotatable bonds is 0. The van der Waals surface area contributed by atoms with Crippen LogP contribution in [0.25, 0.3) is 0 Å². The second-order valence-corrected chi connectivity index (χ2v) is 4.32. The minimum absolute atomic E-state index is 0.248. The van der Waals surface area contributed by atoms with Crippen LogP contribution >= 0.6 is 22.6 Å². The standard InChI is InChI=1S/C7H12INO/c1-4-5-2-3-10-7(8)9-6(4)5/h4-7,9H,2-3H2,1H3/t4?,5-,6?,7?/m1/s1. The summed E-state index contributed by atoms with van der Waals surface area (Å²) in [6, 6.07) is 0.754. The maximum atomic E-state index is 5.43. The van der Waals surface area contributed by atoms with E-state index < -0.39 is 0 Å². The van der Waals surface area contributed by atoms with E-state index in [-0.39, 0.29) is 4.23 Å². The first-order valence-corrected chi connectivity index (χ1v) is 5.05. The monoisotopic (exact) mass is 253 g/mol. The average Bonchev–Trinajstić information content (AvgIpc) is 2.52. The van der Waals surface area contributed by atoms with Crippen molar-refractivity contribution >= 4 is 22.6 Å². The Kier molecular flexibility index (Phi) is 1.90. The van der Waals surface area contributed by atoms with Gasteiger partial charge in [0.15, 0.2) is 4.23 Å². The van der Waals surface area contributed by atoms with Gasteiger partial charge in [0.25, 0.3) is 0 Å². The molecule has 58 valence electrons. The lowest BCUT2D eigenvalue weighted by Crippen LogP contribution is -2.27. The van der Waals surface area contributed by atoms with Gasteiger partial charge in [-0.05, 0) is 40.8 Å². The molecule has 0 aromatic heterocycles. The predicted octanol–water partition coefficient (Wildman–Crippen LogP) is 1.35. The van der Waals surface area contributed by atoms with E-state index in [2.05, 4.69) is 34.8 Å². The van der Waals surface area contributed by atoms with Gasteiger partial charge >= 0.3 is 0 Å². The summed E-state index contributed by atoms with van der Waals surface area (Å²) in [7, 11) is 0. The molecule has 2 rings (SSSR count). The zero-order chi connectivity index (χ0) is 7.14. The summed E-state index contributed by atoms with van der Waals surface area (Å²) in [6.07, 6.45) is 1.25. The Morgan fingerprint density at radius 3 is 3.20 bits per heavy atom. The third kappa shape index (κ3) is 1.19. The van der Waals surface area contributed by atoms with Crippen molar-refractivity contribution in [2.45, 2.75) is 23.6 Å². The molecule has 1 aliphatic carbocycles. The van der Waals surface area contributed by atoms with Crippen LogP contribution in [0.15, 0.2) is 0 Å². The molecular formula is C7H12INO. The van der Waals surface area contributed by atoms with Gasteiger partial charge in [-0.2, -0.15) is 0 Å². The molecule has 2 aliphatic rings. The van der Waals surface area contributed by atoms with Crippen molar-refractivity contribution in [3.63, 3.8) is 0 Å². The summed E-state index contributed by atoms with van der Waals surface area (Å²) in [6.45, 7) is 3.25. The number of hydrogen-bond acceptors (Lipinski definition) is 2. The zero-order valence-electron chi connectivity index (χ0n) is 6.01. The molecule has 1 saturated heterocycles. The van der Waals surface area contributed by atoms with Gasteiger partial charge in [0.1, 0.15) is 0 Å². The van der Waals surface area contributed by atoms with Crippen LogP contribution in [0, 0.1) is 11.8 Å². The van der Waals surface area contributed by atoms with Crippen LogP contribution in [0.5, 0.6) is 0 Å². The fourth-order valence-corrected chi connectivity index (χ4v) is 2.44. The van der Waals surface area contributed by atoms with Crippen molar-refractivity contribution in [2.75, 3.05) is 6.61 Å². The molecule has 10 heavy (non-hydrogen) atoms. The smallest absolute Gasteiger partial charge is 0.160 e. The molecule has 0 amide bonds. The van der Waals surface area contributed by atoms with Gasteiger partial charge in [0.2, 0.25) is 0 Å². The second kappa shape index (κ2) is 2.60. The van der Waals surface area contributed by atoms with Gasteiger partial charge < -0.3 is 4.74 Å². The molecule has 1 heterocycles. The first-order chi connectivity index (χ1) is 4.79. The first kappa shape index (κ1) is 7.31. The van der Waals surface area contributed by atoms with E-state index >= 15 is 0 Å². The van der Waals surface area contributed by atoms with E-state index in [1.807, 2.05) is 0 Å². The van der Waals surface area contributed by atoms with Gasteiger partial charge in [-0.15, -0.1) is 0 Å². The Hall–Kier alpha value is 0.650. The summed E-state index contributed by atoms with van der Waals surface area (Å²) in [4.78, 5) is 0. The normalized spacial score (nSPS) is 53.4. The van der Waals surface area contributed by atoms with Gasteiger partial charge in [-0.25, -0.2) is 0 Å². The van der Waals surface area contributed by atoms with E-state index in [9.17, 15) is 0 Å². The van der Waals surface area contributed by atoms with Crippen LogP contribution < -0.4 is 5.32 Å². The zero-order valence-corrected chi connectivity index (χ0v) is 8.17. The number of alkyl halides is 1. The highest BCUT2D eigenvalue weighted by molar-refractivity contribution is 14.1. The SMILES string of the molecule is CC1C2NC(I)OCC[C@H]12. The quantitative estimate of drug-likeness (QED) is 0.399. The second-order valence-electron chi connectivity index (χ2n) is 3.19. The van der Waals surface area contributed by atoms with E-state index in [1.54, 1.807) is 0 Å². The Bertz CT molecular complexity index is 142. The highest BCUT2D eigenvalue weighted by Gasteiger charge is 2.48. The molecule has 0 bridgehead atoms. The van der Waals surface area contributed by atoms with Crippen molar-refractivity contribution in [1.82, 2.24) is 5.32 Å². The van der Waals surface area contributed by atoms with Gasteiger partial charge in [0, 0.05) is 12.6 Å². The molecule has 1 N–H and O–H groups in total. The van der Waals surface area contributed by atoms with E-state index in [0.717, 1.165) is 24.5 Å². The minimum atomic E-state index is 0.248. The number of nitrogens with one attached hydrogen (secondary N) is 1. The molecule has 0 aromatic rings. The summed E-state index contributed by atoms with van der Waals surface area (Å²) in [5.74, 6) is 1.79. The lowest BCUT2D eigenvalue weighted by molar-refractivity contribution is 0.107. The topological polar surface area (TPSA) is 21.3 Å². The van der Waals surface area contributed by atoms with Crippen molar-refractivity contribution < 1.29 is 4.74 Å². The van der Waals surface area contributed by atoms with E-state index in [1.165, 1.54) is 6.42 Å². The van der Waals surface area contributed by atoms with Gasteiger partial charge in [0.05, 0.1) is 0 Å². The predicted molar refractivity (Wildman–Crippen MR) is 48.0 cm³/mol. The highest BCUT2D eigenvalue weighted by Crippen LogP contribution is 2.43. The summed E-state index contributed by atoms with van der Waals surface area (Å²) in [5.41, 5.74) is 0. The average molecular weight is 253 g/mol. The van der Waals surface area contributed by atoms with E-state index in [4.69, 9.17) is 4.74 Å². The van der Waals surface area contributed by atoms with Crippen LogP contribution in [0.1, 0.15) is 13.3 Å². The Morgan fingerprint density at radius 2 is 2.40 bits per heavy atom. The maximum Gasteiger partial charge on any atom is 0.160 e. The first-order valence-electron chi connectivity index (χ1n) is 3.81. The molecule has 3 heteroatoms. The summed E-state index contributed by atoms with van der Waals surface area (Å²) in [5, 5.41) is 3.43. The maximum absolute atomic E-state index is 5.43. The van der Waals surface area contributed by atoms with Crippen molar-refractivity contribution in [2.24, 2.45) is 11.8 Å². The molecule has 1 saturated carbocycles. The molecule has 2 nitrogen and oxygen atoms in total. The lowest BCUT2D eigenvalue weighted by Gasteiger charge is -2.09. The fourth-order valence-electron chi connectivity index (χ4n) is 1.77. The third-order valence-corrected chi connectivity index (χ3v) is 3.32. The molecule has 0 radical (unpaired) electrons. The minimum Gasteiger partial charge on any atom is -0.354 e. The summed E-state index contributed by atoms with van der Waals surface area (Å²) >= 11 is 2.30. The Labute approximate surface area is 74.8 Å². The number of hydrogen-bond donors (Lipinski definition) is 1. The Balaban J connectivity index is 1.95. The van der Waals surface area contributed by atoms with Gasteiger partial charge in [-0.3, -0.25) is 5.32 Å². The highest BCUT2D eigenvalue weighted by atomic mass is 127. The third-order valence-electron chi connectivity index (χ3n) is 2.60. The molecule has 2 fully saturated rings. The lowest BCUT2D eigenvalue weighted by atomic mass is 10.3. The number of fused-ring (bicyclic) bond motifs is 1. The van der Waals surface area contributed by atoms with Gasteiger partial charge in [-0.1, -0.05) is 6.92 Å². The van der Waals surface area contributed by atoms with Crippen LogP contribution in [0.2, 0.25) is 0 Å². The molecule has 1 aliphatic heterocycles. The summed E-state index contributed by atoms with van der Waals surface area (Å²) < 4.78 is 5.68. The van der Waals surface area contributed by atoms with E-state index in [0.29, 0.717) is 0 Å². The van der Waals surface area contributed by atoms with Crippen LogP contribution in [0.3, 0.4) is 0 Å².